The van der Waals surface area contributed by atoms with Crippen molar-refractivity contribution in [3.05, 3.63) is 42.1 Å². The molecule has 1 unspecified atom stereocenters. The molecule has 0 radical (unpaired) electrons. The number of carbonyl (C=O) groups excluding carboxylic acids is 1. The van der Waals surface area contributed by atoms with Gasteiger partial charge in [-0.05, 0) is 44.2 Å². The van der Waals surface area contributed by atoms with Crippen molar-refractivity contribution in [2.75, 3.05) is 38.0 Å². The van der Waals surface area contributed by atoms with E-state index in [-0.39, 0.29) is 0 Å². The number of carbonyl (C=O) groups is 1. The first-order chi connectivity index (χ1) is 14.1. The maximum absolute atomic E-state index is 11.7. The van der Waals surface area contributed by atoms with E-state index < -0.39 is 5.91 Å². The van der Waals surface area contributed by atoms with E-state index in [0.717, 1.165) is 59.8 Å². The third-order valence-electron chi connectivity index (χ3n) is 5.12. The third kappa shape index (κ3) is 4.72. The lowest BCUT2D eigenvalue weighted by Gasteiger charge is -2.31. The van der Waals surface area contributed by atoms with E-state index in [2.05, 4.69) is 32.4 Å². The number of amides is 1. The highest BCUT2D eigenvalue weighted by Gasteiger charge is 2.15. The van der Waals surface area contributed by atoms with E-state index in [1.807, 2.05) is 24.3 Å². The van der Waals surface area contributed by atoms with Crippen LogP contribution in [0.3, 0.4) is 0 Å². The van der Waals surface area contributed by atoms with Crippen molar-refractivity contribution < 1.29 is 4.79 Å². The zero-order valence-electron chi connectivity index (χ0n) is 16.5. The molecule has 4 N–H and O–H groups in total. The second-order valence-electron chi connectivity index (χ2n) is 7.39. The van der Waals surface area contributed by atoms with Crippen LogP contribution >= 0.6 is 11.3 Å². The van der Waals surface area contributed by atoms with E-state index in [1.54, 1.807) is 23.6 Å². The quantitative estimate of drug-likeness (QED) is 0.518. The fraction of sp³-hybridized carbons (Fsp3) is 0.381. The highest BCUT2D eigenvalue weighted by Crippen LogP contribution is 2.34. The van der Waals surface area contributed by atoms with Crippen molar-refractivity contribution in [2.45, 2.75) is 19.4 Å². The first kappa shape index (κ1) is 19.8. The normalized spacial score (nSPS) is 17.5. The summed E-state index contributed by atoms with van der Waals surface area (Å²) in [5, 5.41) is 7.68. The maximum atomic E-state index is 11.7. The van der Waals surface area contributed by atoms with Gasteiger partial charge in [-0.1, -0.05) is 6.07 Å². The molecule has 7 nitrogen and oxygen atoms in total. The van der Waals surface area contributed by atoms with Gasteiger partial charge in [0, 0.05) is 54.1 Å². The van der Waals surface area contributed by atoms with Crippen LogP contribution in [-0.4, -0.2) is 59.5 Å². The molecule has 3 aromatic rings. The summed E-state index contributed by atoms with van der Waals surface area (Å²) in [6.07, 6.45) is 2.81. The zero-order valence-corrected chi connectivity index (χ0v) is 17.3. The van der Waals surface area contributed by atoms with Crippen molar-refractivity contribution in [1.82, 2.24) is 20.2 Å². The molecule has 0 aliphatic carbocycles. The number of nitrogens with one attached hydrogen (secondary N) is 2. The summed E-state index contributed by atoms with van der Waals surface area (Å²) in [5.74, 6) is 0.215. The van der Waals surface area contributed by atoms with Crippen LogP contribution in [0.15, 0.2) is 36.5 Å². The summed E-state index contributed by atoms with van der Waals surface area (Å²) < 4.78 is 1.02. The van der Waals surface area contributed by atoms with Crippen LogP contribution in [0.1, 0.15) is 23.7 Å². The molecular formula is C21H26N6OS. The summed E-state index contributed by atoms with van der Waals surface area (Å²) in [7, 11) is 0. The highest BCUT2D eigenvalue weighted by molar-refractivity contribution is 7.22. The van der Waals surface area contributed by atoms with Crippen molar-refractivity contribution in [3.8, 4) is 10.6 Å². The number of benzene rings is 1. The molecule has 4 rings (SSSR count). The molecule has 3 heterocycles. The Hall–Kier alpha value is -2.55. The Balaban J connectivity index is 1.40. The van der Waals surface area contributed by atoms with Crippen LogP contribution in [0, 0.1) is 0 Å². The van der Waals surface area contributed by atoms with E-state index in [4.69, 9.17) is 5.73 Å². The molecule has 0 saturated carbocycles. The van der Waals surface area contributed by atoms with Crippen LogP contribution < -0.4 is 16.4 Å². The SMILES string of the molecule is CC1CN(CCCNc2nccc(-c3cc4c(C(N)=O)cccc4s3)n2)CCN1. The maximum Gasteiger partial charge on any atom is 0.249 e. The number of hydrogen-bond acceptors (Lipinski definition) is 7. The Kier molecular flexibility index (Phi) is 6.03. The number of primary amides is 1. The number of fused-ring (bicyclic) bond motifs is 1. The molecular weight excluding hydrogens is 384 g/mol. The fourth-order valence-corrected chi connectivity index (χ4v) is 4.76. The van der Waals surface area contributed by atoms with Crippen LogP contribution in [0.25, 0.3) is 20.7 Å². The number of anilines is 1. The van der Waals surface area contributed by atoms with Crippen LogP contribution in [0.2, 0.25) is 0 Å². The monoisotopic (exact) mass is 410 g/mol. The van der Waals surface area contributed by atoms with E-state index in [1.165, 1.54) is 0 Å². The lowest BCUT2D eigenvalue weighted by molar-refractivity contribution is 0.100. The van der Waals surface area contributed by atoms with Gasteiger partial charge < -0.3 is 21.3 Å². The van der Waals surface area contributed by atoms with Crippen molar-refractivity contribution in [3.63, 3.8) is 0 Å². The van der Waals surface area contributed by atoms with Gasteiger partial charge in [-0.25, -0.2) is 9.97 Å². The number of piperazine rings is 1. The predicted octanol–water partition coefficient (Wildman–Crippen LogP) is 2.55. The van der Waals surface area contributed by atoms with Crippen LogP contribution in [0.5, 0.6) is 0 Å². The Morgan fingerprint density at radius 3 is 3.14 bits per heavy atom. The Morgan fingerprint density at radius 2 is 2.31 bits per heavy atom. The number of thiophene rings is 1. The van der Waals surface area contributed by atoms with Gasteiger partial charge in [-0.3, -0.25) is 4.79 Å². The number of rotatable bonds is 7. The molecule has 0 bridgehead atoms. The number of hydrogen-bond donors (Lipinski definition) is 3. The van der Waals surface area contributed by atoms with E-state index >= 15 is 0 Å². The second-order valence-corrected chi connectivity index (χ2v) is 8.48. The van der Waals surface area contributed by atoms with Crippen LogP contribution in [0.4, 0.5) is 5.95 Å². The summed E-state index contributed by atoms with van der Waals surface area (Å²) in [5.41, 5.74) is 6.89. The Labute approximate surface area is 174 Å². The molecule has 1 aliphatic heterocycles. The largest absolute Gasteiger partial charge is 0.366 e. The lowest BCUT2D eigenvalue weighted by Crippen LogP contribution is -2.49. The standard InChI is InChI=1S/C21H26N6OS/c1-14-13-27(11-9-23-14)10-3-7-24-21-25-8-6-17(26-21)19-12-16-15(20(22)28)4-2-5-18(16)29-19/h2,4-6,8,12,14,23H,3,7,9-11,13H2,1H3,(H2,22,28)(H,24,25,26). The first-order valence-electron chi connectivity index (χ1n) is 9.95. The third-order valence-corrected chi connectivity index (χ3v) is 6.24. The second kappa shape index (κ2) is 8.86. The molecule has 8 heteroatoms. The molecule has 29 heavy (non-hydrogen) atoms. The van der Waals surface area contributed by atoms with Gasteiger partial charge >= 0.3 is 0 Å². The van der Waals surface area contributed by atoms with Gasteiger partial charge in [-0.15, -0.1) is 11.3 Å². The lowest BCUT2D eigenvalue weighted by atomic mass is 10.1. The summed E-state index contributed by atoms with van der Waals surface area (Å²) >= 11 is 1.60. The molecule has 2 aromatic heterocycles. The molecule has 1 aromatic carbocycles. The average Bonchev–Trinajstić information content (AvgIpc) is 3.16. The first-order valence-corrected chi connectivity index (χ1v) is 10.8. The van der Waals surface area contributed by atoms with Gasteiger partial charge in [0.05, 0.1) is 10.6 Å². The average molecular weight is 411 g/mol. The number of aromatic nitrogens is 2. The van der Waals surface area contributed by atoms with Crippen molar-refractivity contribution >= 4 is 33.3 Å². The van der Waals surface area contributed by atoms with Gasteiger partial charge in [0.1, 0.15) is 0 Å². The predicted molar refractivity (Wildman–Crippen MR) is 118 cm³/mol. The number of nitrogens with zero attached hydrogens (tertiary/aromatic N) is 3. The topological polar surface area (TPSA) is 96.2 Å². The highest BCUT2D eigenvalue weighted by atomic mass is 32.1. The van der Waals surface area contributed by atoms with Gasteiger partial charge in [0.2, 0.25) is 11.9 Å². The fourth-order valence-electron chi connectivity index (χ4n) is 3.70. The zero-order chi connectivity index (χ0) is 20.2. The van der Waals surface area contributed by atoms with Gasteiger partial charge in [0.15, 0.2) is 0 Å². The molecule has 1 saturated heterocycles. The van der Waals surface area contributed by atoms with Gasteiger partial charge in [0.25, 0.3) is 0 Å². The molecule has 152 valence electrons. The number of nitrogens with two attached hydrogens (primary N) is 1. The molecule has 1 amide bonds. The molecule has 1 fully saturated rings. The van der Waals surface area contributed by atoms with Crippen LogP contribution in [-0.2, 0) is 0 Å². The summed E-state index contributed by atoms with van der Waals surface area (Å²) in [6.45, 7) is 7.40. The summed E-state index contributed by atoms with van der Waals surface area (Å²) in [6, 6.07) is 10.0. The van der Waals surface area contributed by atoms with Crippen molar-refractivity contribution in [2.24, 2.45) is 5.73 Å². The Bertz CT molecular complexity index is 1000. The molecule has 1 aliphatic rings. The minimum absolute atomic E-state index is 0.413. The Morgan fingerprint density at radius 1 is 1.41 bits per heavy atom. The van der Waals surface area contributed by atoms with Crippen molar-refractivity contribution in [1.29, 1.82) is 0 Å². The molecule has 0 spiro atoms. The summed E-state index contributed by atoms with van der Waals surface area (Å²) in [4.78, 5) is 24.2. The smallest absolute Gasteiger partial charge is 0.249 e. The minimum Gasteiger partial charge on any atom is -0.366 e. The molecule has 1 atom stereocenters. The van der Waals surface area contributed by atoms with E-state index in [9.17, 15) is 4.79 Å². The van der Waals surface area contributed by atoms with Gasteiger partial charge in [-0.2, -0.15) is 0 Å². The van der Waals surface area contributed by atoms with E-state index in [0.29, 0.717) is 17.6 Å². The minimum atomic E-state index is -0.413.